The molecule has 5 N–H and O–H groups in total. The molecular weight excluding hydrogens is 556 g/mol. The number of hydrogen-bond donors (Lipinski definition) is 4. The normalized spacial score (nSPS) is 13.8. The van der Waals surface area contributed by atoms with Crippen molar-refractivity contribution in [1.29, 1.82) is 0 Å². The number of rotatable bonds is 14. The number of nitrogens with one attached hydrogen (secondary N) is 2. The molecule has 3 atom stereocenters. The van der Waals surface area contributed by atoms with Gasteiger partial charge in [0, 0.05) is 30.7 Å². The summed E-state index contributed by atoms with van der Waals surface area (Å²) in [6.45, 7) is 1.49. The largest absolute Gasteiger partial charge is 0.453 e. The third-order valence-electron chi connectivity index (χ3n) is 7.24. The van der Waals surface area contributed by atoms with Crippen LogP contribution in [0.15, 0.2) is 89.8 Å². The van der Waals surface area contributed by atoms with Crippen LogP contribution in [0.25, 0.3) is 0 Å². The van der Waals surface area contributed by atoms with E-state index in [1.165, 1.54) is 42.7 Å². The zero-order valence-corrected chi connectivity index (χ0v) is 25.0. The van der Waals surface area contributed by atoms with Gasteiger partial charge in [0.15, 0.2) is 0 Å². The van der Waals surface area contributed by atoms with Gasteiger partial charge in [-0.15, -0.1) is 0 Å². The Morgan fingerprint density at radius 2 is 1.45 bits per heavy atom. The summed E-state index contributed by atoms with van der Waals surface area (Å²) in [5.41, 5.74) is 7.84. The first-order valence-corrected chi connectivity index (χ1v) is 15.2. The average molecular weight is 597 g/mol. The van der Waals surface area contributed by atoms with Crippen LogP contribution in [0.5, 0.6) is 0 Å². The van der Waals surface area contributed by atoms with E-state index in [0.29, 0.717) is 24.9 Å². The van der Waals surface area contributed by atoms with Crippen molar-refractivity contribution in [3.05, 3.63) is 96.1 Å². The number of carbonyl (C=O) groups excluding carboxylic acids is 2. The molecule has 0 saturated carbocycles. The highest BCUT2D eigenvalue weighted by atomic mass is 32.2. The number of aliphatic hydroxyl groups is 1. The molecule has 0 saturated heterocycles. The monoisotopic (exact) mass is 596 g/mol. The van der Waals surface area contributed by atoms with E-state index in [-0.39, 0.29) is 23.5 Å². The van der Waals surface area contributed by atoms with E-state index in [1.54, 1.807) is 0 Å². The molecular formula is C31H40N4O6S. The summed E-state index contributed by atoms with van der Waals surface area (Å²) in [6.07, 6.45) is 0.701. The Labute approximate surface area is 247 Å². The van der Waals surface area contributed by atoms with Gasteiger partial charge in [0.05, 0.1) is 18.6 Å². The Hall–Kier alpha value is -3.93. The van der Waals surface area contributed by atoms with E-state index < -0.39 is 34.1 Å². The molecule has 0 aromatic heterocycles. The first kappa shape index (κ1) is 32.6. The number of methoxy groups -OCH3 is 1. The van der Waals surface area contributed by atoms with Gasteiger partial charge in [0.1, 0.15) is 6.04 Å². The maximum absolute atomic E-state index is 13.6. The van der Waals surface area contributed by atoms with Crippen molar-refractivity contribution in [2.24, 2.45) is 0 Å². The first-order chi connectivity index (χ1) is 20.1. The Morgan fingerprint density at radius 1 is 0.905 bits per heavy atom. The molecule has 0 fully saturated rings. The number of nitrogen functional groups attached to an aromatic ring is 1. The van der Waals surface area contributed by atoms with Crippen LogP contribution in [0.1, 0.15) is 43.2 Å². The average Bonchev–Trinajstić information content (AvgIpc) is 2.99. The number of nitrogens with zero attached hydrogens (tertiary/aromatic N) is 1. The fraction of sp³-hybridized carbons (Fsp3) is 0.355. The first-order valence-electron chi connectivity index (χ1n) is 13.8. The van der Waals surface area contributed by atoms with Crippen LogP contribution >= 0.6 is 0 Å². The molecule has 2 amide bonds. The van der Waals surface area contributed by atoms with Crippen molar-refractivity contribution in [3.63, 3.8) is 0 Å². The number of sulfonamides is 1. The van der Waals surface area contributed by atoms with Crippen molar-refractivity contribution in [3.8, 4) is 0 Å². The molecule has 0 heterocycles. The van der Waals surface area contributed by atoms with E-state index in [9.17, 15) is 23.1 Å². The number of anilines is 1. The standard InChI is InChI=1S/C31H40N4O6S/c1-22(11-10-16-26(21-36)35(2)42(39,40)27-19-17-25(32)18-20-27)33-30(37)29(34-31(38)41-3)28(23-12-6-4-7-13-23)24-14-8-5-9-15-24/h4-9,12-15,17-20,22,26,28-29,36H,10-11,16,21,32H2,1-3H3,(H,33,37)(H,34,38)/t22-,26-,29-/m0/s1. The second kappa shape index (κ2) is 15.3. The Morgan fingerprint density at radius 3 is 1.95 bits per heavy atom. The molecule has 0 radical (unpaired) electrons. The van der Waals surface area contributed by atoms with Crippen molar-refractivity contribution in [2.45, 2.75) is 55.1 Å². The summed E-state index contributed by atoms with van der Waals surface area (Å²) < 4.78 is 32.1. The van der Waals surface area contributed by atoms with E-state index in [1.807, 2.05) is 67.6 Å². The summed E-state index contributed by atoms with van der Waals surface area (Å²) in [7, 11) is -1.14. The summed E-state index contributed by atoms with van der Waals surface area (Å²) in [5, 5.41) is 15.7. The second-order valence-electron chi connectivity index (χ2n) is 10.2. The number of alkyl carbamates (subject to hydrolysis) is 1. The minimum atomic E-state index is -3.83. The summed E-state index contributed by atoms with van der Waals surface area (Å²) in [6, 6.07) is 22.9. The van der Waals surface area contributed by atoms with Crippen molar-refractivity contribution >= 4 is 27.7 Å². The number of likely N-dealkylation sites (N-methyl/N-ethyl adjacent to an activating group) is 1. The summed E-state index contributed by atoms with van der Waals surface area (Å²) >= 11 is 0. The number of aliphatic hydroxyl groups excluding tert-OH is 1. The van der Waals surface area contributed by atoms with E-state index in [0.717, 1.165) is 11.1 Å². The minimum Gasteiger partial charge on any atom is -0.453 e. The molecule has 0 bridgehead atoms. The lowest BCUT2D eigenvalue weighted by Gasteiger charge is -2.29. The van der Waals surface area contributed by atoms with Gasteiger partial charge in [-0.3, -0.25) is 4.79 Å². The molecule has 226 valence electrons. The lowest BCUT2D eigenvalue weighted by Crippen LogP contribution is -2.52. The van der Waals surface area contributed by atoms with Gasteiger partial charge >= 0.3 is 6.09 Å². The molecule has 10 nitrogen and oxygen atoms in total. The van der Waals surface area contributed by atoms with Gasteiger partial charge in [-0.05, 0) is 61.6 Å². The molecule has 3 rings (SSSR count). The van der Waals surface area contributed by atoms with Gasteiger partial charge in [-0.25, -0.2) is 13.2 Å². The highest BCUT2D eigenvalue weighted by Crippen LogP contribution is 2.29. The predicted octanol–water partition coefficient (Wildman–Crippen LogP) is 3.48. The Bertz CT molecular complexity index is 1350. The van der Waals surface area contributed by atoms with Gasteiger partial charge in [0.25, 0.3) is 0 Å². The van der Waals surface area contributed by atoms with Gasteiger partial charge in [-0.1, -0.05) is 60.7 Å². The lowest BCUT2D eigenvalue weighted by atomic mass is 9.84. The fourth-order valence-corrected chi connectivity index (χ4v) is 6.22. The third-order valence-corrected chi connectivity index (χ3v) is 9.16. The molecule has 3 aromatic carbocycles. The van der Waals surface area contributed by atoms with Crippen LogP contribution in [-0.4, -0.2) is 68.7 Å². The van der Waals surface area contributed by atoms with Crippen molar-refractivity contribution in [2.75, 3.05) is 26.5 Å². The number of carbonyl (C=O) groups is 2. The van der Waals surface area contributed by atoms with E-state index in [4.69, 9.17) is 10.5 Å². The SMILES string of the molecule is COC(=O)N[C@H](C(=O)N[C@@H](C)CCC[C@@H](CO)N(C)S(=O)(=O)c1ccc(N)cc1)C(c1ccccc1)c1ccccc1. The van der Waals surface area contributed by atoms with E-state index >= 15 is 0 Å². The minimum absolute atomic E-state index is 0.0915. The number of ether oxygens (including phenoxy) is 1. The zero-order valence-electron chi connectivity index (χ0n) is 24.1. The maximum atomic E-state index is 13.6. The fourth-order valence-electron chi connectivity index (χ4n) is 4.84. The van der Waals surface area contributed by atoms with Gasteiger partial charge in [0.2, 0.25) is 15.9 Å². The van der Waals surface area contributed by atoms with Crippen LogP contribution in [0.2, 0.25) is 0 Å². The number of amides is 2. The van der Waals surface area contributed by atoms with Crippen molar-refractivity contribution < 1.29 is 27.9 Å². The predicted molar refractivity (Wildman–Crippen MR) is 162 cm³/mol. The van der Waals surface area contributed by atoms with Gasteiger partial charge < -0.3 is 26.2 Å². The van der Waals surface area contributed by atoms with Crippen LogP contribution in [0.4, 0.5) is 10.5 Å². The number of nitrogens with two attached hydrogens (primary N) is 1. The van der Waals surface area contributed by atoms with E-state index in [2.05, 4.69) is 10.6 Å². The van der Waals surface area contributed by atoms with Crippen LogP contribution in [-0.2, 0) is 19.6 Å². The highest BCUT2D eigenvalue weighted by molar-refractivity contribution is 7.89. The quantitative estimate of drug-likeness (QED) is 0.208. The molecule has 0 aliphatic rings. The van der Waals surface area contributed by atoms with Crippen LogP contribution in [0.3, 0.4) is 0 Å². The molecule has 0 aliphatic carbocycles. The number of hydrogen-bond acceptors (Lipinski definition) is 7. The number of benzene rings is 3. The van der Waals surface area contributed by atoms with Gasteiger partial charge in [-0.2, -0.15) is 4.31 Å². The zero-order chi connectivity index (χ0) is 30.7. The highest BCUT2D eigenvalue weighted by Gasteiger charge is 2.33. The molecule has 0 aliphatic heterocycles. The lowest BCUT2D eigenvalue weighted by molar-refractivity contribution is -0.124. The summed E-state index contributed by atoms with van der Waals surface area (Å²) in [5.74, 6) is -0.864. The van der Waals surface area contributed by atoms with Crippen LogP contribution < -0.4 is 16.4 Å². The maximum Gasteiger partial charge on any atom is 0.407 e. The Balaban J connectivity index is 1.69. The van der Waals surface area contributed by atoms with Crippen LogP contribution in [0, 0.1) is 0 Å². The third kappa shape index (κ3) is 8.54. The molecule has 0 unspecified atom stereocenters. The topological polar surface area (TPSA) is 151 Å². The molecule has 0 spiro atoms. The molecule has 3 aromatic rings. The summed E-state index contributed by atoms with van der Waals surface area (Å²) in [4.78, 5) is 26.1. The molecule has 42 heavy (non-hydrogen) atoms. The molecule has 11 heteroatoms. The van der Waals surface area contributed by atoms with Crippen molar-refractivity contribution in [1.82, 2.24) is 14.9 Å². The Kier molecular flexibility index (Phi) is 11.9. The smallest absolute Gasteiger partial charge is 0.407 e. The second-order valence-corrected chi connectivity index (χ2v) is 12.2.